The molecule has 0 bridgehead atoms. The van der Waals surface area contributed by atoms with Gasteiger partial charge in [0.2, 0.25) is 5.79 Å². The lowest BCUT2D eigenvalue weighted by molar-refractivity contribution is -0.138. The lowest BCUT2D eigenvalue weighted by atomic mass is 9.86. The van der Waals surface area contributed by atoms with Crippen LogP contribution in [0.5, 0.6) is 0 Å². The molecule has 0 heterocycles. The Hall–Kier alpha value is -1.91. The Balaban J connectivity index is 2.31. The van der Waals surface area contributed by atoms with Crippen molar-refractivity contribution >= 4 is 5.78 Å². The van der Waals surface area contributed by atoms with Crippen molar-refractivity contribution in [2.24, 2.45) is 5.92 Å². The molecule has 0 saturated heterocycles. The first-order chi connectivity index (χ1) is 8.00. The van der Waals surface area contributed by atoms with Crippen molar-refractivity contribution in [1.29, 1.82) is 0 Å². The number of Topliss-reactive ketones (excluding diaryl/α,β-unsaturated/α-hetero) is 1. The van der Waals surface area contributed by atoms with Crippen LogP contribution in [0, 0.1) is 5.92 Å². The number of ketones is 1. The number of rotatable bonds is 2. The zero-order valence-electron chi connectivity index (χ0n) is 8.95. The molecule has 0 amide bonds. The summed E-state index contributed by atoms with van der Waals surface area (Å²) in [5.41, 5.74) is 0.393. The number of hydrogen-bond acceptors (Lipinski definition) is 4. The van der Waals surface area contributed by atoms with Gasteiger partial charge >= 0.3 is 0 Å². The van der Waals surface area contributed by atoms with E-state index in [1.54, 1.807) is 30.3 Å². The van der Waals surface area contributed by atoms with Gasteiger partial charge < -0.3 is 15.3 Å². The molecular weight excluding hydrogens is 220 g/mol. The minimum Gasteiger partial charge on any atom is -0.508 e. The highest BCUT2D eigenvalue weighted by Crippen LogP contribution is 2.27. The maximum absolute atomic E-state index is 12.0. The molecule has 0 saturated carbocycles. The van der Waals surface area contributed by atoms with Crippen molar-refractivity contribution in [2.45, 2.75) is 5.79 Å². The van der Waals surface area contributed by atoms with Crippen molar-refractivity contribution in [2.75, 3.05) is 0 Å². The fourth-order valence-electron chi connectivity index (χ4n) is 1.75. The van der Waals surface area contributed by atoms with E-state index in [-0.39, 0.29) is 5.76 Å². The molecule has 0 radical (unpaired) electrons. The van der Waals surface area contributed by atoms with E-state index in [9.17, 15) is 15.0 Å². The number of hydrogen-bond donors (Lipinski definition) is 3. The van der Waals surface area contributed by atoms with Crippen LogP contribution in [-0.4, -0.2) is 26.9 Å². The van der Waals surface area contributed by atoms with Gasteiger partial charge in [-0.25, -0.2) is 0 Å². The van der Waals surface area contributed by atoms with Crippen LogP contribution in [0.1, 0.15) is 10.4 Å². The highest BCUT2D eigenvalue weighted by atomic mass is 16.5. The summed E-state index contributed by atoms with van der Waals surface area (Å²) in [6.07, 6.45) is 3.40. The molecule has 1 aliphatic carbocycles. The Morgan fingerprint density at radius 3 is 2.41 bits per heavy atom. The molecule has 1 aromatic carbocycles. The Bertz CT molecular complexity index is 485. The number of aliphatic hydroxyl groups excluding tert-OH is 1. The van der Waals surface area contributed by atoms with E-state index in [0.717, 1.165) is 6.08 Å². The average molecular weight is 232 g/mol. The molecule has 88 valence electrons. The molecule has 0 aromatic heterocycles. The maximum atomic E-state index is 12.0. The zero-order chi connectivity index (χ0) is 12.5. The van der Waals surface area contributed by atoms with Gasteiger partial charge in [0.25, 0.3) is 0 Å². The van der Waals surface area contributed by atoms with Gasteiger partial charge in [-0.15, -0.1) is 0 Å². The summed E-state index contributed by atoms with van der Waals surface area (Å²) < 4.78 is 0. The predicted molar refractivity (Wildman–Crippen MR) is 61.3 cm³/mol. The van der Waals surface area contributed by atoms with Gasteiger partial charge in [0.15, 0.2) is 5.78 Å². The molecule has 4 nitrogen and oxygen atoms in total. The van der Waals surface area contributed by atoms with Crippen molar-refractivity contribution in [3.63, 3.8) is 0 Å². The van der Waals surface area contributed by atoms with Crippen LogP contribution in [0.4, 0.5) is 0 Å². The summed E-state index contributed by atoms with van der Waals surface area (Å²) >= 11 is 0. The van der Waals surface area contributed by atoms with Gasteiger partial charge in [0, 0.05) is 11.6 Å². The third-order valence-corrected chi connectivity index (χ3v) is 2.62. The molecule has 1 aliphatic rings. The van der Waals surface area contributed by atoms with Crippen LogP contribution in [0.2, 0.25) is 0 Å². The normalized spacial score (nSPS) is 22.0. The van der Waals surface area contributed by atoms with Gasteiger partial charge in [0.05, 0.1) is 5.92 Å². The highest BCUT2D eigenvalue weighted by molar-refractivity contribution is 5.99. The topological polar surface area (TPSA) is 77.8 Å². The molecule has 0 aliphatic heterocycles. The van der Waals surface area contributed by atoms with Crippen molar-refractivity contribution < 1.29 is 20.1 Å². The maximum Gasteiger partial charge on any atom is 0.200 e. The van der Waals surface area contributed by atoms with Gasteiger partial charge in [-0.1, -0.05) is 36.4 Å². The number of carbonyl (C=O) groups is 1. The minimum atomic E-state index is -2.36. The molecule has 2 rings (SSSR count). The van der Waals surface area contributed by atoms with E-state index in [1.807, 2.05) is 0 Å². The smallest absolute Gasteiger partial charge is 0.200 e. The first kappa shape index (κ1) is 11.6. The molecule has 1 unspecified atom stereocenters. The summed E-state index contributed by atoms with van der Waals surface area (Å²) in [5.74, 6) is -4.14. The highest BCUT2D eigenvalue weighted by Gasteiger charge is 2.38. The third-order valence-electron chi connectivity index (χ3n) is 2.62. The van der Waals surface area contributed by atoms with E-state index >= 15 is 0 Å². The van der Waals surface area contributed by atoms with Gasteiger partial charge in [-0.2, -0.15) is 0 Å². The summed E-state index contributed by atoms with van der Waals surface area (Å²) in [6, 6.07) is 8.37. The Morgan fingerprint density at radius 1 is 1.18 bits per heavy atom. The van der Waals surface area contributed by atoms with Gasteiger partial charge in [0.1, 0.15) is 5.76 Å². The van der Waals surface area contributed by atoms with Crippen LogP contribution < -0.4 is 0 Å². The fraction of sp³-hybridized carbons (Fsp3) is 0.154. The van der Waals surface area contributed by atoms with E-state index in [4.69, 9.17) is 5.11 Å². The molecule has 1 atom stereocenters. The van der Waals surface area contributed by atoms with Crippen LogP contribution in [-0.2, 0) is 0 Å². The standard InChI is InChI=1S/C13H12O4/c14-10-6-7-11(13(16,17)8-10)12(15)9-4-2-1-3-5-9/h1-8,11,14,16-17H. The molecule has 3 N–H and O–H groups in total. The Labute approximate surface area is 98.1 Å². The van der Waals surface area contributed by atoms with E-state index < -0.39 is 17.5 Å². The average Bonchev–Trinajstić information content (AvgIpc) is 2.28. The number of benzene rings is 1. The minimum absolute atomic E-state index is 0.271. The first-order valence-electron chi connectivity index (χ1n) is 5.15. The van der Waals surface area contributed by atoms with Crippen LogP contribution >= 0.6 is 0 Å². The summed E-state index contributed by atoms with van der Waals surface area (Å²) in [6.45, 7) is 0. The van der Waals surface area contributed by atoms with Crippen molar-refractivity contribution in [3.8, 4) is 0 Å². The predicted octanol–water partition coefficient (Wildman–Crippen LogP) is 1.18. The van der Waals surface area contributed by atoms with E-state index in [2.05, 4.69) is 0 Å². The fourth-order valence-corrected chi connectivity index (χ4v) is 1.75. The Morgan fingerprint density at radius 2 is 1.82 bits per heavy atom. The molecular formula is C13H12O4. The first-order valence-corrected chi connectivity index (χ1v) is 5.15. The zero-order valence-corrected chi connectivity index (χ0v) is 8.95. The second-order valence-corrected chi connectivity index (χ2v) is 3.92. The molecule has 0 spiro atoms. The van der Waals surface area contributed by atoms with Gasteiger partial charge in [-0.3, -0.25) is 4.79 Å². The van der Waals surface area contributed by atoms with Gasteiger partial charge in [-0.05, 0) is 6.08 Å². The van der Waals surface area contributed by atoms with E-state index in [0.29, 0.717) is 5.56 Å². The van der Waals surface area contributed by atoms with Crippen molar-refractivity contribution in [1.82, 2.24) is 0 Å². The number of allylic oxidation sites excluding steroid dienone is 1. The molecule has 0 fully saturated rings. The molecule has 1 aromatic rings. The van der Waals surface area contributed by atoms with E-state index in [1.165, 1.54) is 12.2 Å². The Kier molecular flexibility index (Phi) is 2.83. The number of carbonyl (C=O) groups excluding carboxylic acids is 1. The lowest BCUT2D eigenvalue weighted by Crippen LogP contribution is -2.41. The third kappa shape index (κ3) is 2.27. The monoisotopic (exact) mass is 232 g/mol. The summed E-state index contributed by atoms with van der Waals surface area (Å²) in [5, 5.41) is 28.5. The lowest BCUT2D eigenvalue weighted by Gasteiger charge is -2.27. The number of aliphatic hydroxyl groups is 3. The van der Waals surface area contributed by atoms with Crippen LogP contribution in [0.15, 0.2) is 54.3 Å². The second kappa shape index (κ2) is 4.16. The molecule has 17 heavy (non-hydrogen) atoms. The SMILES string of the molecule is O=C(c1ccccc1)C1C=CC(O)=CC1(O)O. The largest absolute Gasteiger partial charge is 0.508 e. The second-order valence-electron chi connectivity index (χ2n) is 3.92. The summed E-state index contributed by atoms with van der Waals surface area (Å²) in [4.78, 5) is 12.0. The van der Waals surface area contributed by atoms with Crippen molar-refractivity contribution in [3.05, 3.63) is 59.9 Å². The van der Waals surface area contributed by atoms with Crippen LogP contribution in [0.3, 0.4) is 0 Å². The van der Waals surface area contributed by atoms with Crippen LogP contribution in [0.25, 0.3) is 0 Å². The molecule has 4 heteroatoms. The quantitative estimate of drug-likeness (QED) is 0.528. The summed E-state index contributed by atoms with van der Waals surface area (Å²) in [7, 11) is 0.